The van der Waals surface area contributed by atoms with Gasteiger partial charge in [0.15, 0.2) is 11.5 Å². The quantitative estimate of drug-likeness (QED) is 0.320. The molecule has 36 heavy (non-hydrogen) atoms. The Hall–Kier alpha value is -4.57. The summed E-state index contributed by atoms with van der Waals surface area (Å²) in [5.74, 6) is -0.542. The Morgan fingerprint density at radius 2 is 1.50 bits per heavy atom. The lowest BCUT2D eigenvalue weighted by atomic mass is 10.0. The first-order chi connectivity index (χ1) is 17.4. The predicted molar refractivity (Wildman–Crippen MR) is 130 cm³/mol. The number of anilines is 2. The van der Waals surface area contributed by atoms with Crippen molar-refractivity contribution in [2.75, 3.05) is 18.0 Å². The number of carbonyl (C=O) groups is 3. The first kappa shape index (κ1) is 23.2. The molecule has 2 aliphatic heterocycles. The molecule has 4 N–H and O–H groups in total. The van der Waals surface area contributed by atoms with Crippen LogP contribution in [0, 0.1) is 5.92 Å². The highest BCUT2D eigenvalue weighted by Crippen LogP contribution is 2.46. The molecule has 5 rings (SSSR count). The van der Waals surface area contributed by atoms with Gasteiger partial charge < -0.3 is 25.0 Å². The Bertz CT molecular complexity index is 1270. The van der Waals surface area contributed by atoms with E-state index in [2.05, 4.69) is 10.2 Å². The van der Waals surface area contributed by atoms with Crippen molar-refractivity contribution in [2.24, 2.45) is 5.92 Å². The minimum Gasteiger partial charge on any atom is -0.465 e. The van der Waals surface area contributed by atoms with Gasteiger partial charge in [-0.3, -0.25) is 14.8 Å². The number of benzene rings is 3. The highest BCUT2D eigenvalue weighted by Gasteiger charge is 2.40. The van der Waals surface area contributed by atoms with Gasteiger partial charge in [0.25, 0.3) is 5.91 Å². The number of nitrogens with one attached hydrogen (secondary N) is 2. The van der Waals surface area contributed by atoms with Crippen molar-refractivity contribution in [3.05, 3.63) is 83.9 Å². The van der Waals surface area contributed by atoms with E-state index >= 15 is 0 Å². The van der Waals surface area contributed by atoms with Crippen LogP contribution in [0.25, 0.3) is 0 Å². The number of ether oxygens (including phenoxy) is 1. The van der Waals surface area contributed by atoms with E-state index in [1.807, 2.05) is 60.7 Å². The van der Waals surface area contributed by atoms with E-state index in [0.717, 1.165) is 33.3 Å². The van der Waals surface area contributed by atoms with E-state index in [1.165, 1.54) is 0 Å². The van der Waals surface area contributed by atoms with Crippen LogP contribution < -0.4 is 20.4 Å². The van der Waals surface area contributed by atoms with Gasteiger partial charge in [-0.2, -0.15) is 0 Å². The van der Waals surface area contributed by atoms with Gasteiger partial charge in [0.2, 0.25) is 5.91 Å². The molecule has 0 radical (unpaired) electrons. The number of hydroxylamine groups is 1. The largest absolute Gasteiger partial charge is 0.465 e. The number of likely N-dealkylation sites (tertiary alicyclic amines) is 1. The zero-order valence-electron chi connectivity index (χ0n) is 19.1. The Kier molecular flexibility index (Phi) is 6.17. The molecular weight excluding hydrogens is 464 g/mol. The number of rotatable bonds is 5. The summed E-state index contributed by atoms with van der Waals surface area (Å²) in [5, 5.41) is 21.0. The van der Waals surface area contributed by atoms with Crippen molar-refractivity contribution in [1.82, 2.24) is 15.7 Å². The summed E-state index contributed by atoms with van der Waals surface area (Å²) in [5.41, 5.74) is 4.77. The molecule has 0 bridgehead atoms. The highest BCUT2D eigenvalue weighted by atomic mass is 16.5. The zero-order valence-corrected chi connectivity index (χ0v) is 19.1. The van der Waals surface area contributed by atoms with Crippen LogP contribution in [0.15, 0.2) is 72.8 Å². The number of nitrogens with zero attached hydrogens (tertiary/aromatic N) is 2. The van der Waals surface area contributed by atoms with Crippen molar-refractivity contribution in [3.8, 4) is 11.5 Å². The van der Waals surface area contributed by atoms with Crippen LogP contribution in [0.2, 0.25) is 0 Å². The molecular formula is C26H24N4O6. The summed E-state index contributed by atoms with van der Waals surface area (Å²) in [6.07, 6.45) is -1.20. The summed E-state index contributed by atoms with van der Waals surface area (Å²) >= 11 is 0. The maximum absolute atomic E-state index is 12.9. The lowest BCUT2D eigenvalue weighted by molar-refractivity contribution is -0.133. The summed E-state index contributed by atoms with van der Waals surface area (Å²) in [6.45, 7) is 0.384. The van der Waals surface area contributed by atoms with Crippen molar-refractivity contribution >= 4 is 29.3 Å². The highest BCUT2D eigenvalue weighted by molar-refractivity contribution is 5.95. The molecule has 0 spiro atoms. The Morgan fingerprint density at radius 1 is 0.889 bits per heavy atom. The van der Waals surface area contributed by atoms with E-state index in [-0.39, 0.29) is 13.1 Å². The fourth-order valence-corrected chi connectivity index (χ4v) is 4.60. The van der Waals surface area contributed by atoms with Crippen LogP contribution in [0.3, 0.4) is 0 Å². The maximum Gasteiger partial charge on any atom is 0.407 e. The second-order valence-electron chi connectivity index (χ2n) is 8.67. The molecule has 0 saturated carbocycles. The van der Waals surface area contributed by atoms with Crippen molar-refractivity contribution in [3.63, 3.8) is 0 Å². The van der Waals surface area contributed by atoms with E-state index in [4.69, 9.17) is 9.94 Å². The van der Waals surface area contributed by atoms with Crippen molar-refractivity contribution in [1.29, 1.82) is 0 Å². The molecule has 1 fully saturated rings. The molecule has 1 saturated heterocycles. The molecule has 3 aromatic rings. The molecule has 10 heteroatoms. The predicted octanol–water partition coefficient (Wildman–Crippen LogP) is 3.34. The molecule has 184 valence electrons. The first-order valence-corrected chi connectivity index (χ1v) is 11.4. The molecule has 3 amide bonds. The normalized spacial score (nSPS) is 18.0. The van der Waals surface area contributed by atoms with Gasteiger partial charge in [0.1, 0.15) is 0 Å². The first-order valence-electron chi connectivity index (χ1n) is 11.4. The lowest BCUT2D eigenvalue weighted by Crippen LogP contribution is -2.45. The minimum atomic E-state index is -1.20. The topological polar surface area (TPSA) is 131 Å². The van der Waals surface area contributed by atoms with Crippen molar-refractivity contribution < 1.29 is 29.4 Å². The van der Waals surface area contributed by atoms with Gasteiger partial charge in [-0.1, -0.05) is 36.4 Å². The molecule has 3 aromatic carbocycles. The van der Waals surface area contributed by atoms with Crippen LogP contribution in [0.4, 0.5) is 16.2 Å². The SMILES string of the molecule is O=C(N[C@@H]1CN(C(=O)O)C[C@@H]1C(=O)NO)c1ccc(CN2c3ccccc3Oc3ccccc32)cc1. The standard InChI is InChI=1S/C26H24N4O6/c31-24(27-19-15-29(26(33)34)14-18(19)25(32)28-35)17-11-9-16(10-12-17)13-30-20-5-1-3-7-22(20)36-23-8-4-2-6-21(23)30/h1-12,18-19,35H,13-15H2,(H,27,31)(H,28,32)(H,33,34)/t18-,19+/m0/s1. The number of hydrogen-bond donors (Lipinski definition) is 4. The zero-order chi connectivity index (χ0) is 25.2. The minimum absolute atomic E-state index is 0.0485. The summed E-state index contributed by atoms with van der Waals surface area (Å²) < 4.78 is 6.04. The average molecular weight is 489 g/mol. The summed E-state index contributed by atoms with van der Waals surface area (Å²) in [7, 11) is 0. The third-order valence-electron chi connectivity index (χ3n) is 6.44. The Morgan fingerprint density at radius 3 is 2.08 bits per heavy atom. The van der Waals surface area contributed by atoms with Crippen LogP contribution in [-0.4, -0.2) is 52.3 Å². The number of carboxylic acid groups (broad SMARTS) is 1. The third-order valence-corrected chi connectivity index (χ3v) is 6.44. The molecule has 10 nitrogen and oxygen atoms in total. The second kappa shape index (κ2) is 9.59. The van der Waals surface area contributed by atoms with Gasteiger partial charge in [0.05, 0.1) is 23.3 Å². The molecule has 0 unspecified atom stereocenters. The van der Waals surface area contributed by atoms with E-state index < -0.39 is 29.9 Å². The number of carbonyl (C=O) groups excluding carboxylic acids is 2. The van der Waals surface area contributed by atoms with Crippen LogP contribution in [0.1, 0.15) is 15.9 Å². The van der Waals surface area contributed by atoms with Crippen LogP contribution in [0.5, 0.6) is 11.5 Å². The molecule has 2 heterocycles. The van der Waals surface area contributed by atoms with E-state index in [1.54, 1.807) is 17.6 Å². The smallest absolute Gasteiger partial charge is 0.407 e. The van der Waals surface area contributed by atoms with Gasteiger partial charge in [-0.25, -0.2) is 10.3 Å². The van der Waals surface area contributed by atoms with Gasteiger partial charge >= 0.3 is 6.09 Å². The molecule has 2 aliphatic rings. The second-order valence-corrected chi connectivity index (χ2v) is 8.67. The molecule has 0 aromatic heterocycles. The fourth-order valence-electron chi connectivity index (χ4n) is 4.60. The number of fused-ring (bicyclic) bond motifs is 2. The van der Waals surface area contributed by atoms with E-state index in [0.29, 0.717) is 12.1 Å². The molecule has 0 aliphatic carbocycles. The number of amides is 3. The number of hydrogen-bond acceptors (Lipinski definition) is 6. The number of para-hydroxylation sites is 4. The van der Waals surface area contributed by atoms with Gasteiger partial charge in [0, 0.05) is 25.2 Å². The Balaban J connectivity index is 1.31. The molecule has 2 atom stereocenters. The fraction of sp³-hybridized carbons (Fsp3) is 0.192. The summed E-state index contributed by atoms with van der Waals surface area (Å²) in [6, 6.07) is 21.9. The Labute approximate surface area is 206 Å². The summed E-state index contributed by atoms with van der Waals surface area (Å²) in [4.78, 5) is 39.3. The van der Waals surface area contributed by atoms with E-state index in [9.17, 15) is 19.5 Å². The van der Waals surface area contributed by atoms with Gasteiger partial charge in [-0.15, -0.1) is 0 Å². The third kappa shape index (κ3) is 4.41. The monoisotopic (exact) mass is 488 g/mol. The van der Waals surface area contributed by atoms with Crippen LogP contribution in [-0.2, 0) is 11.3 Å². The average Bonchev–Trinajstić information content (AvgIpc) is 3.32. The lowest BCUT2D eigenvalue weighted by Gasteiger charge is -2.32. The van der Waals surface area contributed by atoms with Crippen LogP contribution >= 0.6 is 0 Å². The van der Waals surface area contributed by atoms with Crippen molar-refractivity contribution in [2.45, 2.75) is 12.6 Å². The maximum atomic E-state index is 12.9. The van der Waals surface area contributed by atoms with Gasteiger partial charge in [-0.05, 0) is 42.0 Å².